The standard InChI is InChI=1S/C13H18ClNO/c1-9-4-6-12(7-5-9)13(16)15-11(3)10(2)8-14/h4-7,10-11H,8H2,1-3H3,(H,15,16). The molecule has 1 N–H and O–H groups in total. The highest BCUT2D eigenvalue weighted by Crippen LogP contribution is 2.07. The number of benzene rings is 1. The monoisotopic (exact) mass is 239 g/mol. The molecule has 2 atom stereocenters. The minimum atomic E-state index is -0.0375. The van der Waals surface area contributed by atoms with Gasteiger partial charge in [0.2, 0.25) is 0 Å². The van der Waals surface area contributed by atoms with Crippen molar-refractivity contribution in [3.63, 3.8) is 0 Å². The lowest BCUT2D eigenvalue weighted by Crippen LogP contribution is -2.37. The third-order valence-corrected chi connectivity index (χ3v) is 3.26. The van der Waals surface area contributed by atoms with Crippen LogP contribution in [0.3, 0.4) is 0 Å². The average Bonchev–Trinajstić information content (AvgIpc) is 2.28. The van der Waals surface area contributed by atoms with Gasteiger partial charge in [0.1, 0.15) is 0 Å². The van der Waals surface area contributed by atoms with Gasteiger partial charge in [-0.2, -0.15) is 0 Å². The van der Waals surface area contributed by atoms with Crippen LogP contribution in [0.5, 0.6) is 0 Å². The highest BCUT2D eigenvalue weighted by molar-refractivity contribution is 6.18. The summed E-state index contributed by atoms with van der Waals surface area (Å²) in [5, 5.41) is 2.94. The molecule has 1 rings (SSSR count). The van der Waals surface area contributed by atoms with Gasteiger partial charge in [0.05, 0.1) is 0 Å². The van der Waals surface area contributed by atoms with E-state index in [0.29, 0.717) is 11.4 Å². The fraction of sp³-hybridized carbons (Fsp3) is 0.462. The van der Waals surface area contributed by atoms with Gasteiger partial charge in [0.25, 0.3) is 5.91 Å². The van der Waals surface area contributed by atoms with E-state index >= 15 is 0 Å². The van der Waals surface area contributed by atoms with Crippen molar-refractivity contribution >= 4 is 17.5 Å². The highest BCUT2D eigenvalue weighted by atomic mass is 35.5. The summed E-state index contributed by atoms with van der Waals surface area (Å²) in [6.07, 6.45) is 0. The Labute approximate surface area is 102 Å². The fourth-order valence-electron chi connectivity index (χ4n) is 1.27. The number of amides is 1. The lowest BCUT2D eigenvalue weighted by Gasteiger charge is -2.19. The van der Waals surface area contributed by atoms with Gasteiger partial charge in [-0.15, -0.1) is 11.6 Å². The van der Waals surface area contributed by atoms with E-state index in [1.165, 1.54) is 0 Å². The van der Waals surface area contributed by atoms with Crippen LogP contribution in [0, 0.1) is 12.8 Å². The van der Waals surface area contributed by atoms with E-state index in [9.17, 15) is 4.79 Å². The van der Waals surface area contributed by atoms with E-state index in [2.05, 4.69) is 5.32 Å². The van der Waals surface area contributed by atoms with Crippen molar-refractivity contribution in [3.05, 3.63) is 35.4 Å². The molecule has 0 aliphatic heterocycles. The maximum Gasteiger partial charge on any atom is 0.251 e. The summed E-state index contributed by atoms with van der Waals surface area (Å²) in [5.41, 5.74) is 1.85. The SMILES string of the molecule is Cc1ccc(C(=O)NC(C)C(C)CCl)cc1. The zero-order chi connectivity index (χ0) is 12.1. The van der Waals surface area contributed by atoms with Crippen molar-refractivity contribution in [2.75, 3.05) is 5.88 Å². The minimum Gasteiger partial charge on any atom is -0.349 e. The van der Waals surface area contributed by atoms with Gasteiger partial charge in [-0.05, 0) is 31.9 Å². The van der Waals surface area contributed by atoms with Crippen molar-refractivity contribution in [1.29, 1.82) is 0 Å². The van der Waals surface area contributed by atoms with Gasteiger partial charge >= 0.3 is 0 Å². The molecule has 1 aromatic rings. The first kappa shape index (κ1) is 13.0. The van der Waals surface area contributed by atoms with Crippen molar-refractivity contribution in [2.45, 2.75) is 26.8 Å². The van der Waals surface area contributed by atoms with Crippen LogP contribution in [0.2, 0.25) is 0 Å². The van der Waals surface area contributed by atoms with Gasteiger partial charge in [-0.25, -0.2) is 0 Å². The zero-order valence-corrected chi connectivity index (χ0v) is 10.7. The smallest absolute Gasteiger partial charge is 0.251 e. The number of nitrogens with one attached hydrogen (secondary N) is 1. The van der Waals surface area contributed by atoms with E-state index in [4.69, 9.17) is 11.6 Å². The predicted octanol–water partition coefficient (Wildman–Crippen LogP) is 2.99. The largest absolute Gasteiger partial charge is 0.349 e. The molecule has 2 nitrogen and oxygen atoms in total. The molecule has 0 aromatic heterocycles. The minimum absolute atomic E-state index is 0.0375. The Morgan fingerprint density at radius 1 is 1.31 bits per heavy atom. The Kier molecular flexibility index (Phi) is 4.81. The molecular weight excluding hydrogens is 222 g/mol. The van der Waals surface area contributed by atoms with E-state index in [-0.39, 0.29) is 17.9 Å². The molecule has 2 unspecified atom stereocenters. The summed E-state index contributed by atoms with van der Waals surface area (Å²) in [6, 6.07) is 7.63. The molecule has 0 saturated heterocycles. The molecule has 1 amide bonds. The Balaban J connectivity index is 2.62. The molecule has 0 aliphatic carbocycles. The molecule has 0 aliphatic rings. The first-order chi connectivity index (χ1) is 7.54. The molecule has 0 fully saturated rings. The quantitative estimate of drug-likeness (QED) is 0.805. The number of halogens is 1. The molecule has 0 spiro atoms. The summed E-state index contributed by atoms with van der Waals surface area (Å²) < 4.78 is 0. The van der Waals surface area contributed by atoms with E-state index < -0.39 is 0 Å². The second kappa shape index (κ2) is 5.90. The third-order valence-electron chi connectivity index (χ3n) is 2.77. The summed E-state index contributed by atoms with van der Waals surface area (Å²) in [5.74, 6) is 0.788. The van der Waals surface area contributed by atoms with Crippen LogP contribution in [0.1, 0.15) is 29.8 Å². The molecule has 0 radical (unpaired) electrons. The Morgan fingerprint density at radius 3 is 2.38 bits per heavy atom. The van der Waals surface area contributed by atoms with Crippen LogP contribution in [-0.2, 0) is 0 Å². The van der Waals surface area contributed by atoms with Crippen molar-refractivity contribution < 1.29 is 4.79 Å². The second-order valence-electron chi connectivity index (χ2n) is 4.26. The van der Waals surface area contributed by atoms with Crippen LogP contribution in [0.15, 0.2) is 24.3 Å². The lowest BCUT2D eigenvalue weighted by molar-refractivity contribution is 0.0931. The fourth-order valence-corrected chi connectivity index (χ4v) is 1.54. The Morgan fingerprint density at radius 2 is 1.88 bits per heavy atom. The van der Waals surface area contributed by atoms with Crippen molar-refractivity contribution in [3.8, 4) is 0 Å². The molecule has 0 bridgehead atoms. The lowest BCUT2D eigenvalue weighted by atomic mass is 10.1. The number of rotatable bonds is 4. The van der Waals surface area contributed by atoms with Crippen molar-refractivity contribution in [2.24, 2.45) is 5.92 Å². The number of aryl methyl sites for hydroxylation is 1. The molecule has 3 heteroatoms. The Hall–Kier alpha value is -1.02. The van der Waals surface area contributed by atoms with Crippen LogP contribution < -0.4 is 5.32 Å². The van der Waals surface area contributed by atoms with Gasteiger partial charge in [0.15, 0.2) is 0 Å². The number of carbonyl (C=O) groups is 1. The van der Waals surface area contributed by atoms with Crippen LogP contribution in [0.25, 0.3) is 0 Å². The summed E-state index contributed by atoms with van der Waals surface area (Å²) >= 11 is 5.75. The molecule has 0 heterocycles. The summed E-state index contributed by atoms with van der Waals surface area (Å²) in [4.78, 5) is 11.8. The normalized spacial score (nSPS) is 14.2. The van der Waals surface area contributed by atoms with Crippen LogP contribution in [0.4, 0.5) is 0 Å². The topological polar surface area (TPSA) is 29.1 Å². The summed E-state index contributed by atoms with van der Waals surface area (Å²) in [6.45, 7) is 5.99. The number of hydrogen-bond donors (Lipinski definition) is 1. The first-order valence-electron chi connectivity index (χ1n) is 5.48. The molecule has 0 saturated carbocycles. The van der Waals surface area contributed by atoms with E-state index in [0.717, 1.165) is 5.56 Å². The van der Waals surface area contributed by atoms with Crippen molar-refractivity contribution in [1.82, 2.24) is 5.32 Å². The number of alkyl halides is 1. The van der Waals surface area contributed by atoms with Gasteiger partial charge in [-0.1, -0.05) is 24.6 Å². The molecular formula is C13H18ClNO. The predicted molar refractivity (Wildman–Crippen MR) is 68.0 cm³/mol. The highest BCUT2D eigenvalue weighted by Gasteiger charge is 2.14. The maximum absolute atomic E-state index is 11.8. The number of carbonyl (C=O) groups excluding carboxylic acids is 1. The molecule has 1 aromatic carbocycles. The summed E-state index contributed by atoms with van der Waals surface area (Å²) in [7, 11) is 0. The first-order valence-corrected chi connectivity index (χ1v) is 6.01. The van der Waals surface area contributed by atoms with Gasteiger partial charge in [-0.3, -0.25) is 4.79 Å². The number of hydrogen-bond acceptors (Lipinski definition) is 1. The van der Waals surface area contributed by atoms with Crippen LogP contribution >= 0.6 is 11.6 Å². The molecule has 16 heavy (non-hydrogen) atoms. The zero-order valence-electron chi connectivity index (χ0n) is 9.96. The van der Waals surface area contributed by atoms with Crippen LogP contribution in [-0.4, -0.2) is 17.8 Å². The molecule has 88 valence electrons. The van der Waals surface area contributed by atoms with E-state index in [1.54, 1.807) is 0 Å². The van der Waals surface area contributed by atoms with E-state index in [1.807, 2.05) is 45.0 Å². The van der Waals surface area contributed by atoms with Gasteiger partial charge < -0.3 is 5.32 Å². The second-order valence-corrected chi connectivity index (χ2v) is 4.57. The maximum atomic E-state index is 11.8. The average molecular weight is 240 g/mol. The van der Waals surface area contributed by atoms with Gasteiger partial charge in [0, 0.05) is 17.5 Å². The Bertz CT molecular complexity index is 347. The third kappa shape index (κ3) is 3.53.